The normalized spacial score (nSPS) is 11.1. The van der Waals surface area contributed by atoms with E-state index >= 15 is 0 Å². The van der Waals surface area contributed by atoms with Crippen molar-refractivity contribution in [2.45, 2.75) is 33.5 Å². The van der Waals surface area contributed by atoms with Gasteiger partial charge in [-0.3, -0.25) is 9.69 Å². The minimum atomic E-state index is 0. The number of aryl methyl sites for hydroxylation is 2. The zero-order valence-electron chi connectivity index (χ0n) is 16.4. The van der Waals surface area contributed by atoms with E-state index in [2.05, 4.69) is 37.9 Å². The van der Waals surface area contributed by atoms with Crippen LogP contribution in [0, 0.1) is 0 Å². The van der Waals surface area contributed by atoms with Crippen molar-refractivity contribution in [2.75, 3.05) is 10.6 Å². The predicted octanol–water partition coefficient (Wildman–Crippen LogP) is 0.296. The Balaban J connectivity index is 0.00000256. The minimum absolute atomic E-state index is 0. The number of nitrogens with two attached hydrogens (primary N) is 1. The first-order valence-corrected chi connectivity index (χ1v) is 9.96. The summed E-state index contributed by atoms with van der Waals surface area (Å²) in [5.41, 5.74) is 9.09. The maximum atomic E-state index is 12.0. The van der Waals surface area contributed by atoms with Crippen molar-refractivity contribution in [2.24, 2.45) is 0 Å². The lowest BCUT2D eigenvalue weighted by Gasteiger charge is -2.16. The lowest BCUT2D eigenvalue weighted by Crippen LogP contribution is -3.00. The lowest BCUT2D eigenvalue weighted by molar-refractivity contribution is -0.676. The number of benzene rings is 1. The molecule has 11 heteroatoms. The summed E-state index contributed by atoms with van der Waals surface area (Å²) in [6.45, 7) is 5.83. The molecular formula is C19H20Cl2IN7O. The summed E-state index contributed by atoms with van der Waals surface area (Å²) in [6, 6.07) is 5.78. The van der Waals surface area contributed by atoms with Gasteiger partial charge in [0, 0.05) is 17.3 Å². The first-order valence-electron chi connectivity index (χ1n) is 9.20. The van der Waals surface area contributed by atoms with Crippen LogP contribution in [0.3, 0.4) is 0 Å². The molecule has 0 saturated carbocycles. The highest BCUT2D eigenvalue weighted by atomic mass is 127. The molecule has 0 aliphatic carbocycles. The number of anilines is 2. The first-order chi connectivity index (χ1) is 14.0. The van der Waals surface area contributed by atoms with Gasteiger partial charge >= 0.3 is 0 Å². The number of aromatic nitrogens is 5. The van der Waals surface area contributed by atoms with Gasteiger partial charge in [-0.25, -0.2) is 19.1 Å². The molecule has 3 aromatic heterocycles. The molecule has 3 N–H and O–H groups in total. The zero-order chi connectivity index (χ0) is 20.7. The largest absolute Gasteiger partial charge is 1.00 e. The second-order valence-electron chi connectivity index (χ2n) is 6.54. The van der Waals surface area contributed by atoms with Gasteiger partial charge < -0.3 is 34.7 Å². The monoisotopic (exact) mass is 559 g/mol. The number of amides is 1. The summed E-state index contributed by atoms with van der Waals surface area (Å²) in [7, 11) is 0. The fourth-order valence-corrected chi connectivity index (χ4v) is 4.03. The number of nitrogens with one attached hydrogen (secondary N) is 1. The van der Waals surface area contributed by atoms with Gasteiger partial charge in [-0.15, -0.1) is 0 Å². The quantitative estimate of drug-likeness (QED) is 0.202. The average molecular weight is 560 g/mol. The third-order valence-electron chi connectivity index (χ3n) is 4.95. The summed E-state index contributed by atoms with van der Waals surface area (Å²) in [5.74, 6) is 1.34. The fraction of sp³-hybridized carbons (Fsp3) is 0.263. The van der Waals surface area contributed by atoms with Crippen molar-refractivity contribution in [1.82, 2.24) is 19.5 Å². The Bertz CT molecular complexity index is 1240. The summed E-state index contributed by atoms with van der Waals surface area (Å²) in [4.78, 5) is 25.1. The third-order valence-corrected chi connectivity index (χ3v) is 5.47. The number of fused-ring (bicyclic) bond motifs is 2. The molecule has 0 radical (unpaired) electrons. The number of aromatic amines is 1. The number of nitrogens with zero attached hydrogens (tertiary/aromatic N) is 5. The Labute approximate surface area is 200 Å². The molecule has 0 aliphatic heterocycles. The molecule has 30 heavy (non-hydrogen) atoms. The fourth-order valence-electron chi connectivity index (χ4n) is 3.67. The van der Waals surface area contributed by atoms with E-state index in [1.165, 1.54) is 4.90 Å². The van der Waals surface area contributed by atoms with Crippen LogP contribution in [-0.4, -0.2) is 25.9 Å². The van der Waals surface area contributed by atoms with E-state index in [1.54, 1.807) is 6.20 Å². The van der Waals surface area contributed by atoms with E-state index in [0.717, 1.165) is 29.9 Å². The summed E-state index contributed by atoms with van der Waals surface area (Å²) in [6.07, 6.45) is 2.29. The summed E-state index contributed by atoms with van der Waals surface area (Å²) in [5, 5.41) is 1.08. The maximum absolute atomic E-state index is 12.0. The molecule has 158 valence electrons. The third kappa shape index (κ3) is 3.69. The second-order valence-corrected chi connectivity index (χ2v) is 7.38. The van der Waals surface area contributed by atoms with Gasteiger partial charge in [-0.1, -0.05) is 23.2 Å². The van der Waals surface area contributed by atoms with E-state index < -0.39 is 0 Å². The molecule has 0 fully saturated rings. The van der Waals surface area contributed by atoms with Gasteiger partial charge in [0.05, 0.1) is 18.1 Å². The van der Waals surface area contributed by atoms with Crippen LogP contribution < -0.4 is 39.2 Å². The lowest BCUT2D eigenvalue weighted by atomic mass is 10.3. The molecule has 0 saturated heterocycles. The Hall–Kier alpha value is -2.11. The molecular weight excluding hydrogens is 540 g/mol. The standard InChI is InChI=1S/C19H20Cl2N7O.HI/c1-3-27-13-6-5-11(20)7-14(13)28(4-2)15(27)9-26(10-29)19-17(22)25-18-16(24-19)12(21)8-23-18;/h5-8,10H,3-4,9H2,1-2H3,(H3,22,23,25);1H/q+1;/p-1. The van der Waals surface area contributed by atoms with Crippen LogP contribution >= 0.6 is 23.2 Å². The number of rotatable bonds is 6. The van der Waals surface area contributed by atoms with Crippen LogP contribution in [0.4, 0.5) is 11.6 Å². The van der Waals surface area contributed by atoms with Gasteiger partial charge in [0.15, 0.2) is 28.3 Å². The van der Waals surface area contributed by atoms with E-state index in [0.29, 0.717) is 27.6 Å². The van der Waals surface area contributed by atoms with Crippen LogP contribution in [0.25, 0.3) is 22.2 Å². The number of H-pyrrole nitrogens is 1. The maximum Gasteiger partial charge on any atom is 0.277 e. The average Bonchev–Trinajstić information content (AvgIpc) is 3.21. The Morgan fingerprint density at radius 3 is 2.73 bits per heavy atom. The van der Waals surface area contributed by atoms with E-state index in [1.807, 2.05) is 18.2 Å². The molecule has 1 aromatic carbocycles. The van der Waals surface area contributed by atoms with Crippen molar-refractivity contribution in [3.8, 4) is 0 Å². The SMILES string of the molecule is CCn1c(CN(C=O)c2nc3c(Cl)c[nH]c3nc2N)[n+](CC)c2ccc(Cl)cc21.[I-]. The molecule has 8 nitrogen and oxygen atoms in total. The highest BCUT2D eigenvalue weighted by Crippen LogP contribution is 2.27. The van der Waals surface area contributed by atoms with Crippen molar-refractivity contribution >= 4 is 63.4 Å². The van der Waals surface area contributed by atoms with Crippen molar-refractivity contribution in [3.63, 3.8) is 0 Å². The van der Waals surface area contributed by atoms with Gasteiger partial charge in [-0.2, -0.15) is 0 Å². The van der Waals surface area contributed by atoms with Crippen molar-refractivity contribution in [3.05, 3.63) is 40.3 Å². The first kappa shape index (κ1) is 22.6. The van der Waals surface area contributed by atoms with E-state index in [-0.39, 0.29) is 42.2 Å². The summed E-state index contributed by atoms with van der Waals surface area (Å²) < 4.78 is 4.28. The molecule has 0 unspecified atom stereocenters. The number of carbonyl (C=O) groups excluding carboxylic acids is 1. The molecule has 3 heterocycles. The number of nitrogen functional groups attached to an aromatic ring is 1. The highest BCUT2D eigenvalue weighted by molar-refractivity contribution is 6.35. The van der Waals surface area contributed by atoms with Gasteiger partial charge in [0.2, 0.25) is 6.41 Å². The predicted molar refractivity (Wildman–Crippen MR) is 114 cm³/mol. The van der Waals surface area contributed by atoms with Gasteiger partial charge in [0.1, 0.15) is 12.1 Å². The second kappa shape index (κ2) is 8.94. The molecule has 1 amide bonds. The molecule has 0 atom stereocenters. The Kier molecular flexibility index (Phi) is 6.73. The minimum Gasteiger partial charge on any atom is -1.00 e. The number of carbonyl (C=O) groups is 1. The van der Waals surface area contributed by atoms with Crippen LogP contribution in [-0.2, 0) is 24.4 Å². The van der Waals surface area contributed by atoms with Crippen LogP contribution in [0.15, 0.2) is 24.4 Å². The molecule has 0 spiro atoms. The molecule has 4 aromatic rings. The van der Waals surface area contributed by atoms with Crippen molar-refractivity contribution in [1.29, 1.82) is 0 Å². The number of imidazole rings is 1. The smallest absolute Gasteiger partial charge is 0.277 e. The molecule has 0 bridgehead atoms. The topological polar surface area (TPSA) is 96.7 Å². The zero-order valence-corrected chi connectivity index (χ0v) is 20.0. The van der Waals surface area contributed by atoms with Crippen molar-refractivity contribution < 1.29 is 33.3 Å². The van der Waals surface area contributed by atoms with Crippen LogP contribution in [0.1, 0.15) is 19.7 Å². The number of hydrogen-bond donors (Lipinski definition) is 2. The number of halogens is 3. The van der Waals surface area contributed by atoms with Crippen LogP contribution in [0.5, 0.6) is 0 Å². The molecule has 0 aliphatic rings. The Morgan fingerprint density at radius 1 is 1.30 bits per heavy atom. The summed E-state index contributed by atoms with van der Waals surface area (Å²) >= 11 is 12.4. The van der Waals surface area contributed by atoms with Gasteiger partial charge in [-0.05, 0) is 26.0 Å². The van der Waals surface area contributed by atoms with E-state index in [4.69, 9.17) is 28.9 Å². The number of hydrogen-bond acceptors (Lipinski definition) is 4. The highest BCUT2D eigenvalue weighted by Gasteiger charge is 2.27. The molecule has 4 rings (SSSR count). The Morgan fingerprint density at radius 2 is 2.07 bits per heavy atom. The van der Waals surface area contributed by atoms with Gasteiger partial charge in [0.25, 0.3) is 5.82 Å². The van der Waals surface area contributed by atoms with E-state index in [9.17, 15) is 4.79 Å². The van der Waals surface area contributed by atoms with Crippen LogP contribution in [0.2, 0.25) is 10.0 Å².